The van der Waals surface area contributed by atoms with E-state index >= 15 is 0 Å². The third-order valence-electron chi connectivity index (χ3n) is 1.62. The fourth-order valence-corrected chi connectivity index (χ4v) is 1.41. The van der Waals surface area contributed by atoms with Crippen molar-refractivity contribution in [3.05, 3.63) is 33.6 Å². The first kappa shape index (κ1) is 10.7. The molecule has 0 saturated heterocycles. The van der Waals surface area contributed by atoms with Crippen LogP contribution in [0.2, 0.25) is 10.0 Å². The van der Waals surface area contributed by atoms with Crippen LogP contribution in [0.1, 0.15) is 11.6 Å². The summed E-state index contributed by atoms with van der Waals surface area (Å²) < 4.78 is 13.0. The highest BCUT2D eigenvalue weighted by atomic mass is 35.5. The average Bonchev–Trinajstić information content (AvgIpc) is 2.10. The topological polar surface area (TPSA) is 46.2 Å². The predicted molar refractivity (Wildman–Crippen MR) is 50.4 cm³/mol. The second-order valence-corrected chi connectivity index (χ2v) is 3.39. The Labute approximate surface area is 85.1 Å². The van der Waals surface area contributed by atoms with Gasteiger partial charge in [-0.1, -0.05) is 23.2 Å². The largest absolute Gasteiger partial charge is 0.394 e. The van der Waals surface area contributed by atoms with Gasteiger partial charge in [0.05, 0.1) is 17.7 Å². The van der Waals surface area contributed by atoms with Crippen LogP contribution in [0, 0.1) is 5.82 Å². The monoisotopic (exact) mass is 223 g/mol. The molecule has 0 amide bonds. The fourth-order valence-electron chi connectivity index (χ4n) is 0.944. The summed E-state index contributed by atoms with van der Waals surface area (Å²) in [5, 5.41) is 8.86. The van der Waals surface area contributed by atoms with Crippen LogP contribution >= 0.6 is 23.2 Å². The van der Waals surface area contributed by atoms with Crippen molar-refractivity contribution in [2.75, 3.05) is 6.61 Å². The van der Waals surface area contributed by atoms with Gasteiger partial charge in [0, 0.05) is 5.02 Å². The molecule has 0 unspecified atom stereocenters. The number of aliphatic hydroxyl groups excluding tert-OH is 1. The molecule has 0 aromatic heterocycles. The van der Waals surface area contributed by atoms with Crippen molar-refractivity contribution < 1.29 is 9.50 Å². The zero-order valence-corrected chi connectivity index (χ0v) is 8.11. The maximum Gasteiger partial charge on any atom is 0.143 e. The van der Waals surface area contributed by atoms with Gasteiger partial charge >= 0.3 is 0 Å². The lowest BCUT2D eigenvalue weighted by molar-refractivity contribution is 0.268. The molecule has 1 atom stereocenters. The Morgan fingerprint density at radius 3 is 2.62 bits per heavy atom. The Morgan fingerprint density at radius 2 is 2.08 bits per heavy atom. The van der Waals surface area contributed by atoms with Gasteiger partial charge < -0.3 is 10.8 Å². The number of nitrogens with two attached hydrogens (primary N) is 1. The van der Waals surface area contributed by atoms with Gasteiger partial charge in [0.25, 0.3) is 0 Å². The number of benzene rings is 1. The molecule has 2 nitrogen and oxygen atoms in total. The Balaban J connectivity index is 3.20. The van der Waals surface area contributed by atoms with Crippen molar-refractivity contribution >= 4 is 23.2 Å². The Kier molecular flexibility index (Phi) is 3.50. The molecule has 0 spiro atoms. The molecule has 0 saturated carbocycles. The SMILES string of the molecule is N[C@H](CO)c1cc(Cl)cc(F)c1Cl. The van der Waals surface area contributed by atoms with Gasteiger partial charge in [-0.25, -0.2) is 4.39 Å². The van der Waals surface area contributed by atoms with E-state index in [1.54, 1.807) is 0 Å². The predicted octanol–water partition coefficient (Wildman–Crippen LogP) is 2.12. The third kappa shape index (κ3) is 2.31. The van der Waals surface area contributed by atoms with Gasteiger partial charge in [-0.3, -0.25) is 0 Å². The van der Waals surface area contributed by atoms with E-state index < -0.39 is 11.9 Å². The molecular weight excluding hydrogens is 216 g/mol. The lowest BCUT2D eigenvalue weighted by Gasteiger charge is -2.11. The molecule has 1 aromatic carbocycles. The first-order valence-electron chi connectivity index (χ1n) is 3.57. The maximum absolute atomic E-state index is 13.0. The van der Waals surface area contributed by atoms with Crippen LogP contribution in [0.4, 0.5) is 4.39 Å². The van der Waals surface area contributed by atoms with E-state index in [-0.39, 0.29) is 16.7 Å². The Hall–Kier alpha value is -0.350. The van der Waals surface area contributed by atoms with Crippen molar-refractivity contribution in [2.45, 2.75) is 6.04 Å². The van der Waals surface area contributed by atoms with E-state index in [1.807, 2.05) is 0 Å². The number of halogens is 3. The average molecular weight is 224 g/mol. The summed E-state index contributed by atoms with van der Waals surface area (Å²) in [4.78, 5) is 0. The second kappa shape index (κ2) is 4.24. The highest BCUT2D eigenvalue weighted by molar-refractivity contribution is 6.33. The minimum absolute atomic E-state index is 0.0917. The van der Waals surface area contributed by atoms with E-state index in [2.05, 4.69) is 0 Å². The van der Waals surface area contributed by atoms with Crippen LogP contribution in [0.3, 0.4) is 0 Å². The summed E-state index contributed by atoms with van der Waals surface area (Å²) in [5.74, 6) is -0.631. The molecule has 1 rings (SSSR count). The van der Waals surface area contributed by atoms with Gasteiger partial charge in [-0.05, 0) is 17.7 Å². The summed E-state index contributed by atoms with van der Waals surface area (Å²) in [7, 11) is 0. The Morgan fingerprint density at radius 1 is 1.46 bits per heavy atom. The maximum atomic E-state index is 13.0. The molecule has 1 aromatic rings. The number of aliphatic hydroxyl groups is 1. The van der Waals surface area contributed by atoms with Gasteiger partial charge in [-0.15, -0.1) is 0 Å². The van der Waals surface area contributed by atoms with Crippen LogP contribution in [0.5, 0.6) is 0 Å². The molecule has 72 valence electrons. The molecule has 0 aliphatic carbocycles. The van der Waals surface area contributed by atoms with E-state index in [0.717, 1.165) is 6.07 Å². The number of hydrogen-bond donors (Lipinski definition) is 2. The number of hydrogen-bond acceptors (Lipinski definition) is 2. The summed E-state index contributed by atoms with van der Waals surface area (Å²) in [6.45, 7) is -0.306. The summed E-state index contributed by atoms with van der Waals surface area (Å²) in [6.07, 6.45) is 0. The second-order valence-electron chi connectivity index (χ2n) is 2.58. The van der Waals surface area contributed by atoms with Crippen LogP contribution in [-0.2, 0) is 0 Å². The molecule has 0 fully saturated rings. The summed E-state index contributed by atoms with van der Waals surface area (Å²) in [5.41, 5.74) is 5.79. The van der Waals surface area contributed by atoms with E-state index in [4.69, 9.17) is 34.0 Å². The van der Waals surface area contributed by atoms with Crippen molar-refractivity contribution in [1.82, 2.24) is 0 Å². The Bertz CT molecular complexity index is 319. The first-order chi connectivity index (χ1) is 6.06. The van der Waals surface area contributed by atoms with Crippen molar-refractivity contribution in [3.8, 4) is 0 Å². The minimum Gasteiger partial charge on any atom is -0.394 e. The third-order valence-corrected chi connectivity index (χ3v) is 2.23. The smallest absolute Gasteiger partial charge is 0.143 e. The van der Waals surface area contributed by atoms with Gasteiger partial charge in [0.2, 0.25) is 0 Å². The highest BCUT2D eigenvalue weighted by Crippen LogP contribution is 2.28. The lowest BCUT2D eigenvalue weighted by Crippen LogP contribution is -2.15. The standard InChI is InChI=1S/C8H8Cl2FNO/c9-4-1-5(7(12)3-13)8(10)6(11)2-4/h1-2,7,13H,3,12H2/t7-/m1/s1. The molecule has 3 N–H and O–H groups in total. The lowest BCUT2D eigenvalue weighted by atomic mass is 10.1. The van der Waals surface area contributed by atoms with Gasteiger partial charge in [0.15, 0.2) is 0 Å². The molecule has 0 aliphatic heterocycles. The number of rotatable bonds is 2. The van der Waals surface area contributed by atoms with Gasteiger partial charge in [0.1, 0.15) is 5.82 Å². The fraction of sp³-hybridized carbons (Fsp3) is 0.250. The minimum atomic E-state index is -0.708. The summed E-state index contributed by atoms with van der Waals surface area (Å²) >= 11 is 11.2. The zero-order chi connectivity index (χ0) is 10.0. The van der Waals surface area contributed by atoms with Crippen molar-refractivity contribution in [2.24, 2.45) is 5.73 Å². The van der Waals surface area contributed by atoms with Crippen LogP contribution in [-0.4, -0.2) is 11.7 Å². The van der Waals surface area contributed by atoms with E-state index in [0.29, 0.717) is 5.56 Å². The van der Waals surface area contributed by atoms with E-state index in [9.17, 15) is 4.39 Å². The van der Waals surface area contributed by atoms with Crippen molar-refractivity contribution in [3.63, 3.8) is 0 Å². The first-order valence-corrected chi connectivity index (χ1v) is 4.32. The molecule has 13 heavy (non-hydrogen) atoms. The molecule has 0 radical (unpaired) electrons. The van der Waals surface area contributed by atoms with Crippen LogP contribution in [0.15, 0.2) is 12.1 Å². The van der Waals surface area contributed by atoms with Crippen molar-refractivity contribution in [1.29, 1.82) is 0 Å². The highest BCUT2D eigenvalue weighted by Gasteiger charge is 2.13. The van der Waals surface area contributed by atoms with Crippen LogP contribution in [0.25, 0.3) is 0 Å². The van der Waals surface area contributed by atoms with Crippen LogP contribution < -0.4 is 5.73 Å². The molecule has 0 aliphatic rings. The van der Waals surface area contributed by atoms with E-state index in [1.165, 1.54) is 6.07 Å². The van der Waals surface area contributed by atoms with Gasteiger partial charge in [-0.2, -0.15) is 0 Å². The molecule has 0 heterocycles. The molecule has 5 heteroatoms. The normalized spacial score (nSPS) is 13.0. The molecular formula is C8H8Cl2FNO. The zero-order valence-electron chi connectivity index (χ0n) is 6.60. The molecule has 0 bridgehead atoms. The summed E-state index contributed by atoms with van der Waals surface area (Å²) in [6, 6.07) is 1.83. The quantitative estimate of drug-likeness (QED) is 0.755.